The van der Waals surface area contributed by atoms with Crippen molar-refractivity contribution in [2.45, 2.75) is 37.2 Å². The van der Waals surface area contributed by atoms with Gasteiger partial charge in [-0.2, -0.15) is 0 Å². The molecule has 1 aliphatic rings. The Kier molecular flexibility index (Phi) is 7.61. The van der Waals surface area contributed by atoms with Gasteiger partial charge in [-0.3, -0.25) is 10.1 Å². The molecular formula is C16H25ClN4O5S. The Bertz CT molecular complexity index is 817. The molecule has 1 fully saturated rings. The molecule has 0 aliphatic carbocycles. The van der Waals surface area contributed by atoms with E-state index in [4.69, 9.17) is 4.74 Å². The second-order valence-corrected chi connectivity index (χ2v) is 7.97. The Balaban J connectivity index is 0.00000364. The molecule has 152 valence electrons. The van der Waals surface area contributed by atoms with Crippen molar-refractivity contribution in [2.75, 3.05) is 20.2 Å². The topological polar surface area (TPSA) is 126 Å². The van der Waals surface area contributed by atoms with Crippen LogP contribution >= 0.6 is 12.4 Å². The zero-order valence-electron chi connectivity index (χ0n) is 15.6. The number of hydrogen-bond donors (Lipinski definition) is 4. The SMILES string of the molecule is CCN[C@H](C)CNS(=O)(=O)c1ccc(OC)c(C2(C)NC(=O)NC2=O)c1.Cl. The van der Waals surface area contributed by atoms with Crippen LogP contribution in [-0.4, -0.2) is 46.6 Å². The number of halogens is 1. The highest BCUT2D eigenvalue weighted by atomic mass is 35.5. The Morgan fingerprint density at radius 3 is 2.48 bits per heavy atom. The molecule has 0 aromatic heterocycles. The minimum atomic E-state index is -3.80. The molecule has 2 atom stereocenters. The largest absolute Gasteiger partial charge is 0.496 e. The van der Waals surface area contributed by atoms with Crippen molar-refractivity contribution in [3.63, 3.8) is 0 Å². The average Bonchev–Trinajstić information content (AvgIpc) is 2.85. The third kappa shape index (κ3) is 4.89. The molecule has 0 spiro atoms. The molecule has 0 saturated carbocycles. The van der Waals surface area contributed by atoms with Gasteiger partial charge >= 0.3 is 6.03 Å². The van der Waals surface area contributed by atoms with Gasteiger partial charge in [-0.05, 0) is 38.6 Å². The van der Waals surface area contributed by atoms with Crippen LogP contribution < -0.4 is 25.4 Å². The summed E-state index contributed by atoms with van der Waals surface area (Å²) >= 11 is 0. The molecule has 1 heterocycles. The first-order chi connectivity index (χ1) is 12.1. The van der Waals surface area contributed by atoms with Crippen molar-refractivity contribution in [2.24, 2.45) is 0 Å². The van der Waals surface area contributed by atoms with Gasteiger partial charge in [-0.1, -0.05) is 6.92 Å². The molecule has 1 unspecified atom stereocenters. The van der Waals surface area contributed by atoms with E-state index in [0.717, 1.165) is 6.54 Å². The van der Waals surface area contributed by atoms with Crippen molar-refractivity contribution in [1.82, 2.24) is 20.7 Å². The van der Waals surface area contributed by atoms with Gasteiger partial charge in [0.05, 0.1) is 12.0 Å². The lowest BCUT2D eigenvalue weighted by atomic mass is 9.91. The minimum absolute atomic E-state index is 0. The number of ether oxygens (including phenoxy) is 1. The normalized spacial score (nSPS) is 20.4. The maximum Gasteiger partial charge on any atom is 0.322 e. The van der Waals surface area contributed by atoms with Crippen LogP contribution in [0.4, 0.5) is 4.79 Å². The van der Waals surface area contributed by atoms with Crippen molar-refractivity contribution < 1.29 is 22.7 Å². The van der Waals surface area contributed by atoms with Gasteiger partial charge in [0.2, 0.25) is 10.0 Å². The highest BCUT2D eigenvalue weighted by Crippen LogP contribution is 2.34. The van der Waals surface area contributed by atoms with Crippen LogP contribution in [0.15, 0.2) is 23.1 Å². The molecule has 1 aromatic rings. The number of amides is 3. The molecule has 11 heteroatoms. The van der Waals surface area contributed by atoms with E-state index in [9.17, 15) is 18.0 Å². The van der Waals surface area contributed by atoms with E-state index in [-0.39, 0.29) is 35.5 Å². The van der Waals surface area contributed by atoms with Crippen molar-refractivity contribution >= 4 is 34.4 Å². The number of nitrogens with one attached hydrogen (secondary N) is 4. The summed E-state index contributed by atoms with van der Waals surface area (Å²) in [5, 5.41) is 7.78. The first-order valence-electron chi connectivity index (χ1n) is 8.19. The molecule has 3 amide bonds. The van der Waals surface area contributed by atoms with E-state index in [0.29, 0.717) is 5.75 Å². The number of imide groups is 1. The molecular weight excluding hydrogens is 396 g/mol. The summed E-state index contributed by atoms with van der Waals surface area (Å²) in [6, 6.07) is 3.50. The van der Waals surface area contributed by atoms with Crippen LogP contribution in [-0.2, 0) is 20.4 Å². The fraction of sp³-hybridized carbons (Fsp3) is 0.500. The molecule has 1 aliphatic heterocycles. The van der Waals surface area contributed by atoms with E-state index in [1.54, 1.807) is 0 Å². The lowest BCUT2D eigenvalue weighted by Crippen LogP contribution is -2.41. The summed E-state index contributed by atoms with van der Waals surface area (Å²) in [7, 11) is -2.39. The number of likely N-dealkylation sites (N-methyl/N-ethyl adjacent to an activating group) is 1. The van der Waals surface area contributed by atoms with Gasteiger partial charge in [0, 0.05) is 18.2 Å². The number of hydrogen-bond acceptors (Lipinski definition) is 6. The number of carbonyl (C=O) groups excluding carboxylic acids is 2. The number of carbonyl (C=O) groups is 2. The molecule has 1 saturated heterocycles. The summed E-state index contributed by atoms with van der Waals surface area (Å²) in [4.78, 5) is 23.7. The smallest absolute Gasteiger partial charge is 0.322 e. The fourth-order valence-electron chi connectivity index (χ4n) is 2.72. The van der Waals surface area contributed by atoms with E-state index >= 15 is 0 Å². The zero-order valence-corrected chi connectivity index (χ0v) is 17.2. The Labute approximate surface area is 165 Å². The summed E-state index contributed by atoms with van der Waals surface area (Å²) in [6.07, 6.45) is 0. The number of rotatable bonds is 8. The van der Waals surface area contributed by atoms with Gasteiger partial charge in [0.25, 0.3) is 5.91 Å². The summed E-state index contributed by atoms with van der Waals surface area (Å²) in [5.41, 5.74) is -1.17. The second-order valence-electron chi connectivity index (χ2n) is 6.21. The molecule has 0 radical (unpaired) electrons. The Morgan fingerprint density at radius 1 is 1.30 bits per heavy atom. The summed E-state index contributed by atoms with van der Waals surface area (Å²) in [5.74, 6) is -0.283. The van der Waals surface area contributed by atoms with Gasteiger partial charge in [0.15, 0.2) is 0 Å². The zero-order chi connectivity index (χ0) is 19.5. The third-order valence-electron chi connectivity index (χ3n) is 4.20. The average molecular weight is 421 g/mol. The van der Waals surface area contributed by atoms with Gasteiger partial charge in [-0.15, -0.1) is 12.4 Å². The van der Waals surface area contributed by atoms with Gasteiger partial charge in [-0.25, -0.2) is 17.9 Å². The van der Waals surface area contributed by atoms with E-state index in [1.807, 2.05) is 13.8 Å². The van der Waals surface area contributed by atoms with Crippen LogP contribution in [0.5, 0.6) is 5.75 Å². The lowest BCUT2D eigenvalue weighted by Gasteiger charge is -2.24. The predicted octanol–water partition coefficient (Wildman–Crippen LogP) is 0.448. The highest BCUT2D eigenvalue weighted by Gasteiger charge is 2.45. The monoisotopic (exact) mass is 420 g/mol. The van der Waals surface area contributed by atoms with Gasteiger partial charge < -0.3 is 15.4 Å². The van der Waals surface area contributed by atoms with Crippen molar-refractivity contribution in [3.8, 4) is 5.75 Å². The second kappa shape index (κ2) is 8.87. The standard InChI is InChI=1S/C16H24N4O5S.ClH/c1-5-17-10(2)9-18-26(23,24)11-6-7-13(25-4)12(8-11)16(3)14(21)19-15(22)20-16;/h6-8,10,17-18H,5,9H2,1-4H3,(H2,19,20,21,22);1H/t10-,16?;/m1./s1. The number of urea groups is 1. The Hall–Kier alpha value is -1.88. The highest BCUT2D eigenvalue weighted by molar-refractivity contribution is 7.89. The van der Waals surface area contributed by atoms with E-state index in [1.165, 1.54) is 32.2 Å². The molecule has 9 nitrogen and oxygen atoms in total. The van der Waals surface area contributed by atoms with Gasteiger partial charge in [0.1, 0.15) is 11.3 Å². The first kappa shape index (κ1) is 23.2. The molecule has 4 N–H and O–H groups in total. The molecule has 2 rings (SSSR count). The van der Waals surface area contributed by atoms with E-state index in [2.05, 4.69) is 20.7 Å². The van der Waals surface area contributed by atoms with E-state index < -0.39 is 27.5 Å². The van der Waals surface area contributed by atoms with Crippen LogP contribution in [0.2, 0.25) is 0 Å². The molecule has 1 aromatic carbocycles. The maximum atomic E-state index is 12.6. The number of benzene rings is 1. The van der Waals surface area contributed by atoms with Crippen LogP contribution in [0.3, 0.4) is 0 Å². The lowest BCUT2D eigenvalue weighted by molar-refractivity contribution is -0.123. The van der Waals surface area contributed by atoms with Crippen LogP contribution in [0.25, 0.3) is 0 Å². The molecule has 0 bridgehead atoms. The summed E-state index contributed by atoms with van der Waals surface area (Å²) < 4.78 is 33.0. The van der Waals surface area contributed by atoms with Crippen LogP contribution in [0.1, 0.15) is 26.3 Å². The predicted molar refractivity (Wildman–Crippen MR) is 103 cm³/mol. The number of sulfonamides is 1. The first-order valence-corrected chi connectivity index (χ1v) is 9.67. The maximum absolute atomic E-state index is 12.6. The quantitative estimate of drug-likeness (QED) is 0.452. The Morgan fingerprint density at radius 2 is 1.96 bits per heavy atom. The van der Waals surface area contributed by atoms with Crippen LogP contribution in [0, 0.1) is 0 Å². The fourth-order valence-corrected chi connectivity index (χ4v) is 3.87. The van der Waals surface area contributed by atoms with Crippen molar-refractivity contribution in [3.05, 3.63) is 23.8 Å². The molecule has 27 heavy (non-hydrogen) atoms. The number of methoxy groups -OCH3 is 1. The minimum Gasteiger partial charge on any atom is -0.496 e. The summed E-state index contributed by atoms with van der Waals surface area (Å²) in [6.45, 7) is 6.23. The van der Waals surface area contributed by atoms with Crippen molar-refractivity contribution in [1.29, 1.82) is 0 Å². The third-order valence-corrected chi connectivity index (χ3v) is 5.62.